The summed E-state index contributed by atoms with van der Waals surface area (Å²) < 4.78 is 5.65. The van der Waals surface area contributed by atoms with Crippen molar-refractivity contribution in [2.24, 2.45) is 0 Å². The lowest BCUT2D eigenvalue weighted by Crippen LogP contribution is -2.40. The van der Waals surface area contributed by atoms with E-state index in [1.807, 2.05) is 30.3 Å². The van der Waals surface area contributed by atoms with Crippen molar-refractivity contribution in [3.05, 3.63) is 112 Å². The van der Waals surface area contributed by atoms with Crippen LogP contribution in [-0.4, -0.2) is 16.7 Å². The molecule has 31 heavy (non-hydrogen) atoms. The number of nitro groups is 1. The zero-order valence-corrected chi connectivity index (χ0v) is 16.4. The fourth-order valence-electron chi connectivity index (χ4n) is 2.58. The molecule has 2 amide bonds. The maximum atomic E-state index is 12.2. The number of hydrogen-bond donors (Lipinski definition) is 2. The van der Waals surface area contributed by atoms with Crippen molar-refractivity contribution in [2.45, 2.75) is 6.61 Å². The highest BCUT2D eigenvalue weighted by Crippen LogP contribution is 2.14. The van der Waals surface area contributed by atoms with E-state index in [0.717, 1.165) is 11.3 Å². The van der Waals surface area contributed by atoms with Gasteiger partial charge in [-0.25, -0.2) is 0 Å². The van der Waals surface area contributed by atoms with Crippen LogP contribution in [-0.2, 0) is 11.4 Å². The molecular formula is C23H19N3O5. The summed E-state index contributed by atoms with van der Waals surface area (Å²) in [6.45, 7) is 0.366. The lowest BCUT2D eigenvalue weighted by molar-refractivity contribution is -0.384. The van der Waals surface area contributed by atoms with E-state index in [0.29, 0.717) is 17.7 Å². The number of hydrazine groups is 1. The molecule has 3 aromatic carbocycles. The van der Waals surface area contributed by atoms with Crippen molar-refractivity contribution in [1.82, 2.24) is 10.9 Å². The molecule has 0 radical (unpaired) electrons. The number of amides is 2. The van der Waals surface area contributed by atoms with Crippen LogP contribution in [0.1, 0.15) is 21.5 Å². The average Bonchev–Trinajstić information content (AvgIpc) is 2.81. The number of nitro benzene ring substituents is 1. The first-order valence-corrected chi connectivity index (χ1v) is 9.31. The molecule has 0 aromatic heterocycles. The van der Waals surface area contributed by atoms with Gasteiger partial charge < -0.3 is 4.74 Å². The van der Waals surface area contributed by atoms with E-state index in [1.165, 1.54) is 30.4 Å². The highest BCUT2D eigenvalue weighted by Gasteiger charge is 2.07. The van der Waals surface area contributed by atoms with Crippen LogP contribution in [0.5, 0.6) is 5.75 Å². The minimum Gasteiger partial charge on any atom is -0.489 e. The van der Waals surface area contributed by atoms with E-state index in [2.05, 4.69) is 10.9 Å². The lowest BCUT2D eigenvalue weighted by atomic mass is 10.1. The third-order valence-electron chi connectivity index (χ3n) is 4.17. The van der Waals surface area contributed by atoms with Crippen LogP contribution in [0.15, 0.2) is 84.9 Å². The van der Waals surface area contributed by atoms with Gasteiger partial charge in [0.2, 0.25) is 0 Å². The minimum absolute atomic E-state index is 0.0755. The molecule has 2 N–H and O–H groups in total. The Balaban J connectivity index is 1.48. The Hall–Kier alpha value is -4.46. The number of hydrogen-bond acceptors (Lipinski definition) is 5. The number of ether oxygens (including phenoxy) is 1. The molecular weight excluding hydrogens is 398 g/mol. The van der Waals surface area contributed by atoms with Gasteiger partial charge in [0.1, 0.15) is 12.4 Å². The van der Waals surface area contributed by atoms with Gasteiger partial charge in [-0.05, 0) is 41.5 Å². The first-order valence-electron chi connectivity index (χ1n) is 9.31. The second-order valence-corrected chi connectivity index (χ2v) is 6.43. The zero-order chi connectivity index (χ0) is 22.1. The average molecular weight is 417 g/mol. The molecule has 0 aliphatic carbocycles. The number of nitrogens with one attached hydrogen (secondary N) is 2. The second kappa shape index (κ2) is 10.4. The Morgan fingerprint density at radius 1 is 0.935 bits per heavy atom. The summed E-state index contributed by atoms with van der Waals surface area (Å²) in [6.07, 6.45) is 2.58. The minimum atomic E-state index is -0.576. The van der Waals surface area contributed by atoms with E-state index in [1.54, 1.807) is 30.3 Å². The predicted molar refractivity (Wildman–Crippen MR) is 115 cm³/mol. The van der Waals surface area contributed by atoms with E-state index < -0.39 is 16.7 Å². The summed E-state index contributed by atoms with van der Waals surface area (Å²) >= 11 is 0. The van der Waals surface area contributed by atoms with E-state index >= 15 is 0 Å². The van der Waals surface area contributed by atoms with Gasteiger partial charge in [-0.15, -0.1) is 0 Å². The Morgan fingerprint density at radius 3 is 2.39 bits per heavy atom. The number of carbonyl (C=O) groups is 2. The summed E-state index contributed by atoms with van der Waals surface area (Å²) in [5.41, 5.74) is 6.25. The van der Waals surface area contributed by atoms with Gasteiger partial charge in [0.25, 0.3) is 17.5 Å². The van der Waals surface area contributed by atoms with Crippen LogP contribution in [0.2, 0.25) is 0 Å². The summed E-state index contributed by atoms with van der Waals surface area (Å²) in [5, 5.41) is 10.8. The summed E-state index contributed by atoms with van der Waals surface area (Å²) in [4.78, 5) is 34.3. The predicted octanol–water partition coefficient (Wildman–Crippen LogP) is 3.65. The van der Waals surface area contributed by atoms with Crippen molar-refractivity contribution in [2.75, 3.05) is 0 Å². The molecule has 3 aromatic rings. The molecule has 0 aliphatic rings. The largest absolute Gasteiger partial charge is 0.489 e. The molecule has 156 valence electrons. The van der Waals surface area contributed by atoms with Crippen molar-refractivity contribution < 1.29 is 19.2 Å². The van der Waals surface area contributed by atoms with Crippen molar-refractivity contribution in [3.8, 4) is 5.75 Å². The molecule has 0 atom stereocenters. The Bertz CT molecular complexity index is 1100. The molecule has 0 heterocycles. The van der Waals surface area contributed by atoms with Crippen LogP contribution < -0.4 is 15.6 Å². The van der Waals surface area contributed by atoms with Gasteiger partial charge >= 0.3 is 0 Å². The summed E-state index contributed by atoms with van der Waals surface area (Å²) in [6, 6.07) is 22.0. The standard InChI is InChI=1S/C23H19N3O5/c27-22(14-11-17-5-4-6-20(15-17)26(29)30)24-25-23(28)19-12-9-18(10-13-19)16-31-21-7-2-1-3-8-21/h1-15H,16H2,(H,24,27)(H,25,28)/b14-11+. The van der Waals surface area contributed by atoms with E-state index in [9.17, 15) is 19.7 Å². The number of non-ortho nitro benzene ring substituents is 1. The first-order chi connectivity index (χ1) is 15.0. The van der Waals surface area contributed by atoms with Gasteiger partial charge in [-0.3, -0.25) is 30.6 Å². The monoisotopic (exact) mass is 417 g/mol. The quantitative estimate of drug-likeness (QED) is 0.346. The van der Waals surface area contributed by atoms with Crippen LogP contribution >= 0.6 is 0 Å². The number of rotatable bonds is 7. The lowest BCUT2D eigenvalue weighted by Gasteiger charge is -2.08. The van der Waals surface area contributed by atoms with Gasteiger partial charge in [-0.1, -0.05) is 42.5 Å². The van der Waals surface area contributed by atoms with Crippen LogP contribution in [0, 0.1) is 10.1 Å². The maximum absolute atomic E-state index is 12.2. The fraction of sp³-hybridized carbons (Fsp3) is 0.0435. The van der Waals surface area contributed by atoms with Crippen molar-refractivity contribution in [3.63, 3.8) is 0 Å². The van der Waals surface area contributed by atoms with Crippen LogP contribution in [0.4, 0.5) is 5.69 Å². The van der Waals surface area contributed by atoms with E-state index in [4.69, 9.17) is 4.74 Å². The molecule has 8 nitrogen and oxygen atoms in total. The maximum Gasteiger partial charge on any atom is 0.270 e. The van der Waals surface area contributed by atoms with E-state index in [-0.39, 0.29) is 5.69 Å². The van der Waals surface area contributed by atoms with Crippen LogP contribution in [0.3, 0.4) is 0 Å². The molecule has 0 fully saturated rings. The molecule has 8 heteroatoms. The van der Waals surface area contributed by atoms with Gasteiger partial charge in [0, 0.05) is 23.8 Å². The fourth-order valence-corrected chi connectivity index (χ4v) is 2.58. The molecule has 0 saturated carbocycles. The number of benzene rings is 3. The highest BCUT2D eigenvalue weighted by atomic mass is 16.6. The Kier molecular flexibility index (Phi) is 7.10. The summed E-state index contributed by atoms with van der Waals surface area (Å²) in [5.74, 6) is -0.300. The smallest absolute Gasteiger partial charge is 0.270 e. The van der Waals surface area contributed by atoms with Crippen molar-refractivity contribution in [1.29, 1.82) is 0 Å². The molecule has 0 spiro atoms. The SMILES string of the molecule is O=C(/C=C/c1cccc([N+](=O)[O-])c1)NNC(=O)c1ccc(COc2ccccc2)cc1. The molecule has 0 bridgehead atoms. The third kappa shape index (κ3) is 6.53. The van der Waals surface area contributed by atoms with Crippen molar-refractivity contribution >= 4 is 23.6 Å². The molecule has 3 rings (SSSR count). The second-order valence-electron chi connectivity index (χ2n) is 6.43. The Morgan fingerprint density at radius 2 is 1.68 bits per heavy atom. The van der Waals surface area contributed by atoms with Gasteiger partial charge in [-0.2, -0.15) is 0 Å². The zero-order valence-electron chi connectivity index (χ0n) is 16.4. The first kappa shape index (κ1) is 21.3. The summed E-state index contributed by atoms with van der Waals surface area (Å²) in [7, 11) is 0. The molecule has 0 unspecified atom stereocenters. The number of carbonyl (C=O) groups excluding carboxylic acids is 2. The molecule has 0 saturated heterocycles. The Labute approximate surface area is 178 Å². The number of nitrogens with zero attached hydrogens (tertiary/aromatic N) is 1. The van der Waals surface area contributed by atoms with Gasteiger partial charge in [0.05, 0.1) is 4.92 Å². The highest BCUT2D eigenvalue weighted by molar-refractivity contribution is 5.97. The number of para-hydroxylation sites is 1. The third-order valence-corrected chi connectivity index (χ3v) is 4.17. The molecule has 0 aliphatic heterocycles. The van der Waals surface area contributed by atoms with Gasteiger partial charge in [0.15, 0.2) is 0 Å². The van der Waals surface area contributed by atoms with Crippen LogP contribution in [0.25, 0.3) is 6.08 Å². The topological polar surface area (TPSA) is 111 Å². The normalized spacial score (nSPS) is 10.5.